The largest absolute Gasteiger partial charge is 0.416 e. The highest BCUT2D eigenvalue weighted by molar-refractivity contribution is 6.31. The molecular formula is C28H26ClF3N4O. The number of aryl methyl sites for hydroxylation is 1. The molecule has 4 rings (SSSR count). The van der Waals surface area contributed by atoms with E-state index in [4.69, 9.17) is 16.6 Å². The van der Waals surface area contributed by atoms with Crippen LogP contribution in [-0.2, 0) is 30.5 Å². The third-order valence-corrected chi connectivity index (χ3v) is 6.11. The maximum atomic E-state index is 13.0. The Morgan fingerprint density at radius 3 is 2.46 bits per heavy atom. The molecule has 4 aromatic rings. The van der Waals surface area contributed by atoms with Crippen LogP contribution in [-0.4, -0.2) is 22.4 Å². The summed E-state index contributed by atoms with van der Waals surface area (Å²) in [5.74, 6) is 1.09. The normalized spacial score (nSPS) is 11.5. The van der Waals surface area contributed by atoms with Crippen LogP contribution in [0.2, 0.25) is 5.02 Å². The van der Waals surface area contributed by atoms with Crippen LogP contribution < -0.4 is 10.2 Å². The van der Waals surface area contributed by atoms with E-state index in [2.05, 4.69) is 10.3 Å². The number of nitrogens with zero attached hydrogens (tertiary/aromatic N) is 3. The number of anilines is 1. The number of halogens is 4. The second-order valence-corrected chi connectivity index (χ2v) is 9.05. The highest BCUT2D eigenvalue weighted by Gasteiger charge is 2.30. The van der Waals surface area contributed by atoms with Crippen LogP contribution in [0, 0.1) is 0 Å². The number of amides is 1. The number of benzene rings is 3. The van der Waals surface area contributed by atoms with E-state index in [9.17, 15) is 18.0 Å². The molecular weight excluding hydrogens is 501 g/mol. The smallest absolute Gasteiger partial charge is 0.352 e. The number of carbonyl (C=O) groups is 1. The van der Waals surface area contributed by atoms with E-state index in [1.54, 1.807) is 18.2 Å². The summed E-state index contributed by atoms with van der Waals surface area (Å²) in [5.41, 5.74) is 1.42. The number of rotatable bonds is 9. The van der Waals surface area contributed by atoms with Crippen LogP contribution >= 0.6 is 11.6 Å². The molecule has 0 saturated carbocycles. The molecule has 37 heavy (non-hydrogen) atoms. The van der Waals surface area contributed by atoms with Crippen molar-refractivity contribution in [3.05, 3.63) is 100 Å². The van der Waals surface area contributed by atoms with Gasteiger partial charge >= 0.3 is 6.18 Å². The topological polar surface area (TPSA) is 58.1 Å². The first kappa shape index (κ1) is 26.4. The zero-order valence-electron chi connectivity index (χ0n) is 20.2. The second kappa shape index (κ2) is 11.6. The number of aromatic nitrogens is 2. The summed E-state index contributed by atoms with van der Waals surface area (Å²) in [6.45, 7) is 2.84. The maximum Gasteiger partial charge on any atom is 0.416 e. The number of carbonyl (C=O) groups excluding carboxylic acids is 1. The molecule has 3 aromatic carbocycles. The fraction of sp³-hybridized carbons (Fsp3) is 0.250. The quantitative estimate of drug-likeness (QED) is 0.268. The van der Waals surface area contributed by atoms with Crippen molar-refractivity contribution in [3.63, 3.8) is 0 Å². The van der Waals surface area contributed by atoms with Crippen molar-refractivity contribution in [1.29, 1.82) is 0 Å². The summed E-state index contributed by atoms with van der Waals surface area (Å²) < 4.78 is 39.0. The summed E-state index contributed by atoms with van der Waals surface area (Å²) in [5, 5.41) is 4.13. The zero-order valence-corrected chi connectivity index (χ0v) is 21.0. The van der Waals surface area contributed by atoms with E-state index in [-0.39, 0.29) is 18.9 Å². The van der Waals surface area contributed by atoms with Gasteiger partial charge in [0.2, 0.25) is 5.91 Å². The Labute approximate surface area is 218 Å². The molecule has 1 aromatic heterocycles. The van der Waals surface area contributed by atoms with Gasteiger partial charge in [0.1, 0.15) is 11.6 Å². The van der Waals surface area contributed by atoms with Crippen molar-refractivity contribution < 1.29 is 18.0 Å². The van der Waals surface area contributed by atoms with Gasteiger partial charge in [-0.2, -0.15) is 13.2 Å². The Kier molecular flexibility index (Phi) is 8.28. The third-order valence-electron chi connectivity index (χ3n) is 5.87. The van der Waals surface area contributed by atoms with Crippen LogP contribution in [0.3, 0.4) is 0 Å². The van der Waals surface area contributed by atoms with Gasteiger partial charge < -0.3 is 10.2 Å². The lowest BCUT2D eigenvalue weighted by Crippen LogP contribution is -2.31. The first-order valence-electron chi connectivity index (χ1n) is 11.9. The molecule has 0 fully saturated rings. The number of hydrogen-bond donors (Lipinski definition) is 1. The summed E-state index contributed by atoms with van der Waals surface area (Å²) in [6, 6.07) is 20.2. The number of nitrogens with one attached hydrogen (secondary N) is 1. The van der Waals surface area contributed by atoms with Crippen LogP contribution in [0.5, 0.6) is 0 Å². The van der Waals surface area contributed by atoms with Gasteiger partial charge in [0, 0.05) is 42.9 Å². The first-order valence-corrected chi connectivity index (χ1v) is 12.3. The third kappa shape index (κ3) is 6.98. The van der Waals surface area contributed by atoms with E-state index in [1.807, 2.05) is 48.2 Å². The summed E-state index contributed by atoms with van der Waals surface area (Å²) in [7, 11) is 0. The van der Waals surface area contributed by atoms with Crippen LogP contribution in [0.15, 0.2) is 72.8 Å². The molecule has 5 nitrogen and oxygen atoms in total. The lowest BCUT2D eigenvalue weighted by Gasteiger charge is -2.25. The van der Waals surface area contributed by atoms with Crippen molar-refractivity contribution in [2.75, 3.05) is 11.4 Å². The molecule has 0 bridgehead atoms. The van der Waals surface area contributed by atoms with E-state index < -0.39 is 11.7 Å². The molecule has 0 aliphatic rings. The molecule has 0 spiro atoms. The van der Waals surface area contributed by atoms with Crippen molar-refractivity contribution in [3.8, 4) is 0 Å². The molecule has 1 heterocycles. The minimum absolute atomic E-state index is 0.0103. The average Bonchev–Trinajstić information content (AvgIpc) is 2.89. The van der Waals surface area contributed by atoms with Gasteiger partial charge in [0.25, 0.3) is 0 Å². The Morgan fingerprint density at radius 2 is 1.73 bits per heavy atom. The van der Waals surface area contributed by atoms with Crippen molar-refractivity contribution in [2.45, 2.75) is 39.0 Å². The SMILES string of the molecule is CCc1nc(N(CCC(=O)NCc2cccc(C(F)(F)F)c2)Cc2ccccc2)c2ccc(Cl)cc2n1. The minimum atomic E-state index is -4.43. The van der Waals surface area contributed by atoms with Gasteiger partial charge in [0.05, 0.1) is 11.1 Å². The molecule has 1 amide bonds. The van der Waals surface area contributed by atoms with Gasteiger partial charge in [-0.15, -0.1) is 0 Å². The molecule has 0 radical (unpaired) electrons. The highest BCUT2D eigenvalue weighted by atomic mass is 35.5. The second-order valence-electron chi connectivity index (χ2n) is 8.61. The minimum Gasteiger partial charge on any atom is -0.352 e. The Hall–Kier alpha value is -3.65. The van der Waals surface area contributed by atoms with Crippen molar-refractivity contribution >= 4 is 34.2 Å². The molecule has 0 aliphatic heterocycles. The Balaban J connectivity index is 1.53. The lowest BCUT2D eigenvalue weighted by atomic mass is 10.1. The molecule has 0 aliphatic carbocycles. The highest BCUT2D eigenvalue weighted by Crippen LogP contribution is 2.30. The standard InChI is InChI=1S/C28H26ClF3N4O/c1-2-25-34-24-16-22(29)11-12-23(24)27(35-25)36(18-19-7-4-3-5-8-19)14-13-26(37)33-17-20-9-6-10-21(15-20)28(30,31)32/h3-12,15-16H,2,13-14,17-18H2,1H3,(H,33,37). The number of fused-ring (bicyclic) bond motifs is 1. The molecule has 1 N–H and O–H groups in total. The molecule has 192 valence electrons. The summed E-state index contributed by atoms with van der Waals surface area (Å²) in [4.78, 5) is 24.1. The van der Waals surface area contributed by atoms with Crippen LogP contribution in [0.1, 0.15) is 35.9 Å². The van der Waals surface area contributed by atoms with E-state index in [0.29, 0.717) is 41.7 Å². The zero-order chi connectivity index (χ0) is 26.4. The van der Waals surface area contributed by atoms with Crippen molar-refractivity contribution in [2.24, 2.45) is 0 Å². The van der Waals surface area contributed by atoms with Crippen LogP contribution in [0.4, 0.5) is 19.0 Å². The predicted molar refractivity (Wildman–Crippen MR) is 139 cm³/mol. The van der Waals surface area contributed by atoms with Gasteiger partial charge in [-0.25, -0.2) is 9.97 Å². The first-order chi connectivity index (χ1) is 17.7. The van der Waals surface area contributed by atoms with Crippen LogP contribution in [0.25, 0.3) is 10.9 Å². The predicted octanol–water partition coefficient (Wildman–Crippen LogP) is 6.58. The molecule has 0 unspecified atom stereocenters. The molecule has 9 heteroatoms. The molecule has 0 atom stereocenters. The van der Waals surface area contributed by atoms with E-state index in [1.165, 1.54) is 6.07 Å². The maximum absolute atomic E-state index is 13.0. The average molecular weight is 527 g/mol. The van der Waals surface area contributed by atoms with E-state index >= 15 is 0 Å². The van der Waals surface area contributed by atoms with E-state index in [0.717, 1.165) is 28.6 Å². The Bertz CT molecular complexity index is 1380. The summed E-state index contributed by atoms with van der Waals surface area (Å²) >= 11 is 6.21. The van der Waals surface area contributed by atoms with Gasteiger partial charge in [-0.3, -0.25) is 4.79 Å². The fourth-order valence-electron chi connectivity index (χ4n) is 3.98. The summed E-state index contributed by atoms with van der Waals surface area (Å²) in [6.07, 6.45) is -3.67. The van der Waals surface area contributed by atoms with Gasteiger partial charge in [-0.05, 0) is 41.5 Å². The fourth-order valence-corrected chi connectivity index (χ4v) is 4.15. The number of alkyl halides is 3. The van der Waals surface area contributed by atoms with Gasteiger partial charge in [-0.1, -0.05) is 61.0 Å². The molecule has 0 saturated heterocycles. The Morgan fingerprint density at radius 1 is 0.973 bits per heavy atom. The van der Waals surface area contributed by atoms with Crippen molar-refractivity contribution in [1.82, 2.24) is 15.3 Å². The monoisotopic (exact) mass is 526 g/mol. The lowest BCUT2D eigenvalue weighted by molar-refractivity contribution is -0.137. The number of hydrogen-bond acceptors (Lipinski definition) is 4. The van der Waals surface area contributed by atoms with Gasteiger partial charge in [0.15, 0.2) is 0 Å².